The summed E-state index contributed by atoms with van der Waals surface area (Å²) in [6.45, 7) is 0.998. The molecule has 1 aromatic heterocycles. The molecule has 0 fully saturated rings. The van der Waals surface area contributed by atoms with Crippen molar-refractivity contribution >= 4 is 26.6 Å². The number of aliphatic hydroxyl groups excluding tert-OH is 1. The maximum Gasteiger partial charge on any atom is 0.264 e. The molecule has 10 heteroatoms. The Morgan fingerprint density at radius 3 is 2.47 bits per heavy atom. The van der Waals surface area contributed by atoms with Gasteiger partial charge in [0.25, 0.3) is 5.91 Å². The van der Waals surface area contributed by atoms with Gasteiger partial charge in [0.2, 0.25) is 0 Å². The molecular weight excluding hydrogens is 437 g/mol. The lowest BCUT2D eigenvalue weighted by atomic mass is 10.1. The molecule has 3 rings (SSSR count). The van der Waals surface area contributed by atoms with Gasteiger partial charge in [-0.05, 0) is 43.7 Å². The van der Waals surface area contributed by atoms with Crippen LogP contribution < -0.4 is 5.48 Å². The van der Waals surface area contributed by atoms with E-state index in [1.54, 1.807) is 30.5 Å². The quantitative estimate of drug-likeness (QED) is 0.293. The van der Waals surface area contributed by atoms with E-state index in [0.717, 1.165) is 11.6 Å². The van der Waals surface area contributed by atoms with Crippen LogP contribution in [0.25, 0.3) is 10.9 Å². The van der Waals surface area contributed by atoms with Crippen molar-refractivity contribution in [3.63, 3.8) is 0 Å². The van der Waals surface area contributed by atoms with Crippen LogP contribution in [0, 0.1) is 17.7 Å². The molecule has 1 unspecified atom stereocenters. The number of halogens is 1. The van der Waals surface area contributed by atoms with E-state index in [-0.39, 0.29) is 25.1 Å². The van der Waals surface area contributed by atoms with E-state index in [1.807, 2.05) is 0 Å². The number of hydrogen-bond acceptors (Lipinski definition) is 6. The zero-order valence-electron chi connectivity index (χ0n) is 17.5. The summed E-state index contributed by atoms with van der Waals surface area (Å²) in [5.74, 6) is 4.30. The number of benzene rings is 2. The number of aliphatic hydroxyl groups is 1. The maximum atomic E-state index is 13.8. The number of carbonyl (C=O) groups is 1. The first-order valence-corrected chi connectivity index (χ1v) is 11.5. The van der Waals surface area contributed by atoms with Crippen molar-refractivity contribution in [2.24, 2.45) is 0 Å². The Hall–Kier alpha value is -3.26. The molecule has 0 aliphatic rings. The Morgan fingerprint density at radius 2 is 1.88 bits per heavy atom. The summed E-state index contributed by atoms with van der Waals surface area (Å²) in [4.78, 5) is 11.9. The third kappa shape index (κ3) is 4.80. The minimum absolute atomic E-state index is 0.0890. The van der Waals surface area contributed by atoms with Gasteiger partial charge in [-0.1, -0.05) is 17.9 Å². The normalized spacial score (nSPS) is 13.3. The number of fused-ring (bicyclic) bond motifs is 1. The maximum absolute atomic E-state index is 13.8. The Balaban J connectivity index is 1.81. The summed E-state index contributed by atoms with van der Waals surface area (Å²) in [5, 5.41) is 23.1. The molecule has 0 saturated carbocycles. The lowest BCUT2D eigenvalue weighted by Gasteiger charge is -2.24. The molecular formula is C22H22FN3O5S. The van der Waals surface area contributed by atoms with Crippen LogP contribution in [-0.4, -0.2) is 45.4 Å². The molecule has 0 aliphatic carbocycles. The topological polar surface area (TPSA) is 122 Å². The molecule has 3 N–H and O–H groups in total. The first-order valence-electron chi connectivity index (χ1n) is 9.60. The van der Waals surface area contributed by atoms with Gasteiger partial charge in [0, 0.05) is 41.1 Å². The molecule has 3 aromatic rings. The van der Waals surface area contributed by atoms with E-state index in [2.05, 4.69) is 16.9 Å². The second-order valence-electron chi connectivity index (χ2n) is 7.57. The Labute approximate surface area is 184 Å². The van der Waals surface area contributed by atoms with Crippen molar-refractivity contribution in [1.29, 1.82) is 0 Å². The van der Waals surface area contributed by atoms with E-state index in [4.69, 9.17) is 10.3 Å². The zero-order chi connectivity index (χ0) is 23.5. The number of carbonyl (C=O) groups excluding carboxylic acids is 1. The van der Waals surface area contributed by atoms with E-state index in [0.29, 0.717) is 16.6 Å². The van der Waals surface area contributed by atoms with Crippen molar-refractivity contribution < 1.29 is 27.9 Å². The molecule has 0 spiro atoms. The van der Waals surface area contributed by atoms with Gasteiger partial charge in [0.15, 0.2) is 14.6 Å². The van der Waals surface area contributed by atoms with Gasteiger partial charge < -0.3 is 5.11 Å². The fourth-order valence-electron chi connectivity index (χ4n) is 3.08. The van der Waals surface area contributed by atoms with Crippen molar-refractivity contribution in [3.05, 3.63) is 65.1 Å². The SMILES string of the molecule is CC(CCn1cc2cc(C#Cc3ccc(CO)c(F)c3)ccc2n1)(C(=O)NO)S(C)(=O)=O. The van der Waals surface area contributed by atoms with Crippen molar-refractivity contribution in [1.82, 2.24) is 15.3 Å². The van der Waals surface area contributed by atoms with Gasteiger partial charge in [-0.25, -0.2) is 18.3 Å². The first kappa shape index (κ1) is 23.4. The van der Waals surface area contributed by atoms with Gasteiger partial charge in [-0.2, -0.15) is 5.10 Å². The van der Waals surface area contributed by atoms with Crippen molar-refractivity contribution in [3.8, 4) is 11.8 Å². The third-order valence-electron chi connectivity index (χ3n) is 5.34. The van der Waals surface area contributed by atoms with Crippen molar-refractivity contribution in [2.45, 2.75) is 31.2 Å². The Kier molecular flexibility index (Phi) is 6.64. The van der Waals surface area contributed by atoms with E-state index in [9.17, 15) is 17.6 Å². The summed E-state index contributed by atoms with van der Waals surface area (Å²) in [6.07, 6.45) is 2.56. The number of nitrogens with zero attached hydrogens (tertiary/aromatic N) is 2. The van der Waals surface area contributed by atoms with Crippen LogP contribution in [0.15, 0.2) is 42.6 Å². The highest BCUT2D eigenvalue weighted by molar-refractivity contribution is 7.92. The lowest BCUT2D eigenvalue weighted by molar-refractivity contribution is -0.131. The summed E-state index contributed by atoms with van der Waals surface area (Å²) >= 11 is 0. The smallest absolute Gasteiger partial charge is 0.264 e. The molecule has 0 aliphatic heterocycles. The largest absolute Gasteiger partial charge is 0.392 e. The van der Waals surface area contributed by atoms with Gasteiger partial charge >= 0.3 is 0 Å². The molecule has 8 nitrogen and oxygen atoms in total. The predicted molar refractivity (Wildman–Crippen MR) is 116 cm³/mol. The second kappa shape index (κ2) is 9.08. The average molecular weight is 459 g/mol. The molecule has 32 heavy (non-hydrogen) atoms. The lowest BCUT2D eigenvalue weighted by Crippen LogP contribution is -2.49. The number of nitrogens with one attached hydrogen (secondary N) is 1. The summed E-state index contributed by atoms with van der Waals surface area (Å²) < 4.78 is 37.7. The molecule has 1 heterocycles. The highest BCUT2D eigenvalue weighted by Gasteiger charge is 2.43. The number of hydrogen-bond donors (Lipinski definition) is 3. The molecule has 0 saturated heterocycles. The van der Waals surface area contributed by atoms with Gasteiger partial charge in [0.1, 0.15) is 5.82 Å². The van der Waals surface area contributed by atoms with Crippen molar-refractivity contribution in [2.75, 3.05) is 6.26 Å². The fourth-order valence-corrected chi connectivity index (χ4v) is 3.92. The van der Waals surface area contributed by atoms with Crippen LogP contribution in [0.1, 0.15) is 30.0 Å². The van der Waals surface area contributed by atoms with Crippen LogP contribution in [0.4, 0.5) is 4.39 Å². The van der Waals surface area contributed by atoms with Gasteiger partial charge in [-0.15, -0.1) is 0 Å². The molecule has 168 valence electrons. The van der Waals surface area contributed by atoms with E-state index in [1.165, 1.54) is 29.2 Å². The van der Waals surface area contributed by atoms with Crippen LogP contribution in [-0.2, 0) is 27.8 Å². The number of aromatic nitrogens is 2. The van der Waals surface area contributed by atoms with Gasteiger partial charge in [0.05, 0.1) is 12.1 Å². The molecule has 1 atom stereocenters. The van der Waals surface area contributed by atoms with Crippen LogP contribution in [0.2, 0.25) is 0 Å². The molecule has 1 amide bonds. The first-order chi connectivity index (χ1) is 15.1. The van der Waals surface area contributed by atoms with Crippen LogP contribution in [0.3, 0.4) is 0 Å². The fraction of sp³-hybridized carbons (Fsp3) is 0.273. The highest BCUT2D eigenvalue weighted by Crippen LogP contribution is 2.23. The average Bonchev–Trinajstić information content (AvgIpc) is 3.17. The minimum Gasteiger partial charge on any atom is -0.392 e. The molecule has 2 aromatic carbocycles. The van der Waals surface area contributed by atoms with Crippen LogP contribution >= 0.6 is 0 Å². The third-order valence-corrected chi connectivity index (χ3v) is 7.37. The van der Waals surface area contributed by atoms with Crippen LogP contribution in [0.5, 0.6) is 0 Å². The van der Waals surface area contributed by atoms with E-state index >= 15 is 0 Å². The summed E-state index contributed by atoms with van der Waals surface area (Å²) in [6, 6.07) is 9.66. The van der Waals surface area contributed by atoms with E-state index < -0.39 is 26.3 Å². The Bertz CT molecular complexity index is 1340. The Morgan fingerprint density at radius 1 is 1.22 bits per heavy atom. The molecule has 0 bridgehead atoms. The highest BCUT2D eigenvalue weighted by atomic mass is 32.2. The minimum atomic E-state index is -3.80. The standard InChI is InChI=1S/C22H22FN3O5S/c1-22(21(28)25-29,32(2,30)31)9-10-26-13-18-11-15(6-8-20(18)24-26)3-4-16-5-7-17(14-27)19(23)12-16/h5-8,11-13,27,29H,9-10,14H2,1-2H3,(H,25,28). The van der Waals surface area contributed by atoms with Gasteiger partial charge in [-0.3, -0.25) is 14.7 Å². The predicted octanol–water partition coefficient (Wildman–Crippen LogP) is 1.77. The zero-order valence-corrected chi connectivity index (χ0v) is 18.3. The number of sulfone groups is 1. The summed E-state index contributed by atoms with van der Waals surface area (Å²) in [5.41, 5.74) is 3.42. The summed E-state index contributed by atoms with van der Waals surface area (Å²) in [7, 11) is -3.80. The second-order valence-corrected chi connectivity index (χ2v) is 10.0. The number of rotatable bonds is 6. The number of aryl methyl sites for hydroxylation is 1. The number of amides is 1. The monoisotopic (exact) mass is 459 g/mol. The number of hydroxylamine groups is 1. The molecule has 0 radical (unpaired) electrons.